The van der Waals surface area contributed by atoms with E-state index in [9.17, 15) is 17.6 Å². The summed E-state index contributed by atoms with van der Waals surface area (Å²) >= 11 is 0. The number of fused-ring (bicyclic) bond motifs is 1. The number of pyridine rings is 1. The molecule has 0 aliphatic carbocycles. The second-order valence-electron chi connectivity index (χ2n) is 7.28. The number of aromatic nitrogens is 1. The van der Waals surface area contributed by atoms with Crippen molar-refractivity contribution < 1.29 is 22.3 Å². The van der Waals surface area contributed by atoms with Gasteiger partial charge in [-0.25, -0.2) is 17.5 Å². The van der Waals surface area contributed by atoms with Gasteiger partial charge in [-0.15, -0.1) is 0 Å². The Labute approximate surface area is 179 Å². The lowest BCUT2D eigenvalue weighted by atomic mass is 10.2. The molecule has 0 radical (unpaired) electrons. The average Bonchev–Trinajstić information content (AvgIpc) is 3.23. The standard InChI is InChI=1S/C22H22FN3O4S/c23-18-7-1-2-9-20(18)31(28,29)25-13-10-21(27)26-14-11-17(15-26)30-19-8-3-5-16-6-4-12-24-22(16)19/h1-9,12,17,25H,10-11,13-15H2. The maximum atomic E-state index is 13.7. The van der Waals surface area contributed by atoms with Gasteiger partial charge in [0.15, 0.2) is 0 Å². The second-order valence-corrected chi connectivity index (χ2v) is 9.01. The second kappa shape index (κ2) is 8.99. The number of ether oxygens (including phenoxy) is 1. The number of nitrogens with zero attached hydrogens (tertiary/aromatic N) is 2. The molecule has 1 fully saturated rings. The van der Waals surface area contributed by atoms with Crippen LogP contribution in [0, 0.1) is 5.82 Å². The first kappa shape index (κ1) is 21.2. The number of halogens is 1. The number of benzene rings is 2. The number of amides is 1. The molecule has 1 aliphatic rings. The normalized spacial score (nSPS) is 16.5. The zero-order valence-corrected chi connectivity index (χ0v) is 17.5. The van der Waals surface area contributed by atoms with Crippen LogP contribution >= 0.6 is 0 Å². The number of hydrogen-bond donors (Lipinski definition) is 1. The Balaban J connectivity index is 1.30. The van der Waals surface area contributed by atoms with Crippen molar-refractivity contribution in [3.63, 3.8) is 0 Å². The van der Waals surface area contributed by atoms with Gasteiger partial charge in [0.2, 0.25) is 15.9 Å². The summed E-state index contributed by atoms with van der Waals surface area (Å²) in [4.78, 5) is 18.1. The Morgan fingerprint density at radius 2 is 1.97 bits per heavy atom. The third-order valence-corrected chi connectivity index (χ3v) is 6.64. The molecule has 7 nitrogen and oxygen atoms in total. The maximum absolute atomic E-state index is 13.7. The van der Waals surface area contributed by atoms with Crippen molar-refractivity contribution in [1.82, 2.24) is 14.6 Å². The van der Waals surface area contributed by atoms with Crippen molar-refractivity contribution in [3.05, 3.63) is 66.6 Å². The molecule has 1 saturated heterocycles. The molecular formula is C22H22FN3O4S. The lowest BCUT2D eigenvalue weighted by molar-refractivity contribution is -0.130. The monoisotopic (exact) mass is 443 g/mol. The zero-order valence-electron chi connectivity index (χ0n) is 16.7. The highest BCUT2D eigenvalue weighted by Crippen LogP contribution is 2.26. The summed E-state index contributed by atoms with van der Waals surface area (Å²) in [5.74, 6) is -0.336. The molecule has 1 amide bonds. The Kier molecular flexibility index (Phi) is 6.15. The third-order valence-electron chi connectivity index (χ3n) is 5.14. The van der Waals surface area contributed by atoms with Crippen LogP contribution in [0.5, 0.6) is 5.75 Å². The number of carbonyl (C=O) groups excluding carboxylic acids is 1. The van der Waals surface area contributed by atoms with Gasteiger partial charge in [-0.05, 0) is 24.3 Å². The number of sulfonamides is 1. The van der Waals surface area contributed by atoms with E-state index in [1.807, 2.05) is 30.3 Å². The van der Waals surface area contributed by atoms with Gasteiger partial charge in [0, 0.05) is 37.5 Å². The molecule has 2 heterocycles. The predicted molar refractivity (Wildman–Crippen MR) is 114 cm³/mol. The first-order valence-electron chi connectivity index (χ1n) is 9.96. The molecule has 4 rings (SSSR count). The van der Waals surface area contributed by atoms with Gasteiger partial charge in [0.1, 0.15) is 28.1 Å². The molecule has 1 aromatic heterocycles. The van der Waals surface area contributed by atoms with Crippen LogP contribution in [0.2, 0.25) is 0 Å². The van der Waals surface area contributed by atoms with E-state index in [4.69, 9.17) is 4.74 Å². The summed E-state index contributed by atoms with van der Waals surface area (Å²) in [5.41, 5.74) is 0.775. The summed E-state index contributed by atoms with van der Waals surface area (Å²) in [5, 5.41) is 0.980. The van der Waals surface area contributed by atoms with E-state index in [0.29, 0.717) is 25.3 Å². The van der Waals surface area contributed by atoms with Crippen molar-refractivity contribution in [1.29, 1.82) is 0 Å². The van der Waals surface area contributed by atoms with Crippen LogP contribution < -0.4 is 9.46 Å². The lowest BCUT2D eigenvalue weighted by Crippen LogP contribution is -2.34. The van der Waals surface area contributed by atoms with Crippen LogP contribution in [-0.2, 0) is 14.8 Å². The Morgan fingerprint density at radius 1 is 1.16 bits per heavy atom. The van der Waals surface area contributed by atoms with Gasteiger partial charge in [-0.2, -0.15) is 0 Å². The molecule has 162 valence electrons. The molecule has 1 unspecified atom stereocenters. The third kappa shape index (κ3) is 4.83. The van der Waals surface area contributed by atoms with Crippen molar-refractivity contribution in [2.45, 2.75) is 23.8 Å². The SMILES string of the molecule is O=C(CCNS(=O)(=O)c1ccccc1F)N1CCC(Oc2cccc3cccnc23)C1. The van der Waals surface area contributed by atoms with E-state index < -0.39 is 20.7 Å². The number of hydrogen-bond acceptors (Lipinski definition) is 5. The Morgan fingerprint density at radius 3 is 2.81 bits per heavy atom. The minimum atomic E-state index is -4.01. The molecular weight excluding hydrogens is 421 g/mol. The van der Waals surface area contributed by atoms with Crippen LogP contribution in [0.1, 0.15) is 12.8 Å². The molecule has 1 N–H and O–H groups in total. The van der Waals surface area contributed by atoms with Crippen molar-refractivity contribution in [2.75, 3.05) is 19.6 Å². The fourth-order valence-electron chi connectivity index (χ4n) is 3.59. The average molecular weight is 444 g/mol. The Bertz CT molecular complexity index is 1200. The molecule has 1 atom stereocenters. The van der Waals surface area contributed by atoms with Gasteiger partial charge in [-0.3, -0.25) is 9.78 Å². The van der Waals surface area contributed by atoms with E-state index in [-0.39, 0.29) is 25.0 Å². The minimum absolute atomic E-state index is 0.0176. The van der Waals surface area contributed by atoms with E-state index in [1.165, 1.54) is 18.2 Å². The fourth-order valence-corrected chi connectivity index (χ4v) is 4.70. The summed E-state index contributed by atoms with van der Waals surface area (Å²) in [7, 11) is -4.01. The number of rotatable bonds is 7. The van der Waals surface area contributed by atoms with Gasteiger partial charge < -0.3 is 9.64 Å². The van der Waals surface area contributed by atoms with Gasteiger partial charge >= 0.3 is 0 Å². The molecule has 9 heteroatoms. The fraction of sp³-hybridized carbons (Fsp3) is 0.273. The molecule has 0 bridgehead atoms. The summed E-state index contributed by atoms with van der Waals surface area (Å²) in [6.45, 7) is 0.842. The number of carbonyl (C=O) groups is 1. The summed E-state index contributed by atoms with van der Waals surface area (Å²) < 4.78 is 46.5. The Hall–Kier alpha value is -3.04. The predicted octanol–water partition coefficient (Wildman–Crippen LogP) is 2.72. The first-order chi connectivity index (χ1) is 14.9. The highest BCUT2D eigenvalue weighted by molar-refractivity contribution is 7.89. The molecule has 31 heavy (non-hydrogen) atoms. The summed E-state index contributed by atoms with van der Waals surface area (Å²) in [6.07, 6.45) is 2.21. The van der Waals surface area contributed by atoms with E-state index in [1.54, 1.807) is 11.1 Å². The number of nitrogens with one attached hydrogen (secondary N) is 1. The maximum Gasteiger partial charge on any atom is 0.243 e. The zero-order chi connectivity index (χ0) is 21.8. The smallest absolute Gasteiger partial charge is 0.243 e. The van der Waals surface area contributed by atoms with Gasteiger partial charge in [0.25, 0.3) is 0 Å². The lowest BCUT2D eigenvalue weighted by Gasteiger charge is -2.18. The van der Waals surface area contributed by atoms with Gasteiger partial charge in [-0.1, -0.05) is 30.3 Å². The highest BCUT2D eigenvalue weighted by atomic mass is 32.2. The molecule has 3 aromatic rings. The van der Waals surface area contributed by atoms with Gasteiger partial charge in [0.05, 0.1) is 6.54 Å². The van der Waals surface area contributed by atoms with Crippen LogP contribution in [0.4, 0.5) is 4.39 Å². The van der Waals surface area contributed by atoms with Crippen LogP contribution in [0.15, 0.2) is 65.7 Å². The molecule has 2 aromatic carbocycles. The number of para-hydroxylation sites is 1. The van der Waals surface area contributed by atoms with E-state index in [0.717, 1.165) is 17.0 Å². The van der Waals surface area contributed by atoms with E-state index >= 15 is 0 Å². The topological polar surface area (TPSA) is 88.6 Å². The molecule has 0 spiro atoms. The summed E-state index contributed by atoms with van der Waals surface area (Å²) in [6, 6.07) is 14.7. The largest absolute Gasteiger partial charge is 0.486 e. The van der Waals surface area contributed by atoms with Crippen LogP contribution in [0.3, 0.4) is 0 Å². The number of likely N-dealkylation sites (tertiary alicyclic amines) is 1. The van der Waals surface area contributed by atoms with Crippen LogP contribution in [-0.4, -0.2) is 49.9 Å². The minimum Gasteiger partial charge on any atom is -0.486 e. The van der Waals surface area contributed by atoms with E-state index in [2.05, 4.69) is 9.71 Å². The molecule has 1 aliphatic heterocycles. The van der Waals surface area contributed by atoms with Crippen molar-refractivity contribution in [2.24, 2.45) is 0 Å². The van der Waals surface area contributed by atoms with Crippen molar-refractivity contribution in [3.8, 4) is 5.75 Å². The van der Waals surface area contributed by atoms with Crippen molar-refractivity contribution >= 4 is 26.8 Å². The quantitative estimate of drug-likeness (QED) is 0.607. The highest BCUT2D eigenvalue weighted by Gasteiger charge is 2.28. The first-order valence-corrected chi connectivity index (χ1v) is 11.4. The molecule has 0 saturated carbocycles. The van der Waals surface area contributed by atoms with Crippen LogP contribution in [0.25, 0.3) is 10.9 Å².